The first-order valence-corrected chi connectivity index (χ1v) is 2.80. The fraction of sp³-hybridized carbons (Fsp3) is 0. The third-order valence-corrected chi connectivity index (χ3v) is 0.919. The van der Waals surface area contributed by atoms with Gasteiger partial charge in [-0.1, -0.05) is 0 Å². The maximum absolute atomic E-state index is 10.5. The molecule has 13 heavy (non-hydrogen) atoms. The Morgan fingerprint density at radius 2 is 1.46 bits per heavy atom. The summed E-state index contributed by atoms with van der Waals surface area (Å²) in [5, 5.41) is 0. The van der Waals surface area contributed by atoms with E-state index in [9.17, 15) is 28.8 Å². The van der Waals surface area contributed by atoms with Crippen molar-refractivity contribution in [2.24, 2.45) is 0 Å². The lowest BCUT2D eigenvalue weighted by Crippen LogP contribution is -2.30. The molecule has 0 aliphatic heterocycles. The zero-order valence-corrected chi connectivity index (χ0v) is 6.03. The number of hydrogen-bond donors (Lipinski definition) is 0. The smallest absolute Gasteiger partial charge is 0.281 e. The molecular formula is C7HO6. The standard InChI is InChI=1S/C7HO6/c8-2-1-4(10)6(12)7(13)5(11)3-9/h1H. The van der Waals surface area contributed by atoms with E-state index < -0.39 is 23.1 Å². The van der Waals surface area contributed by atoms with Crippen LogP contribution in [0.3, 0.4) is 0 Å². The van der Waals surface area contributed by atoms with Crippen molar-refractivity contribution >= 4 is 35.4 Å². The zero-order chi connectivity index (χ0) is 10.4. The summed E-state index contributed by atoms with van der Waals surface area (Å²) in [5.41, 5.74) is 0. The topological polar surface area (TPSA) is 102 Å². The number of Topliss-reactive ketones (excluding diaryl/α,β-unsaturated/α-hetero) is 3. The zero-order valence-electron chi connectivity index (χ0n) is 6.03. The third-order valence-electron chi connectivity index (χ3n) is 0.919. The van der Waals surface area contributed by atoms with Gasteiger partial charge >= 0.3 is 0 Å². The number of hydrogen-bond acceptors (Lipinski definition) is 6. The van der Waals surface area contributed by atoms with Crippen LogP contribution in [0, 0.1) is 0 Å². The Kier molecular flexibility index (Phi) is 3.85. The summed E-state index contributed by atoms with van der Waals surface area (Å²) in [6.45, 7) is 0. The fourth-order valence-electron chi connectivity index (χ4n) is 0.380. The van der Waals surface area contributed by atoms with E-state index in [-0.39, 0.29) is 6.08 Å². The molecule has 0 amide bonds. The van der Waals surface area contributed by atoms with Crippen molar-refractivity contribution in [1.29, 1.82) is 0 Å². The lowest BCUT2D eigenvalue weighted by Gasteiger charge is -1.86. The first-order chi connectivity index (χ1) is 6.04. The summed E-state index contributed by atoms with van der Waals surface area (Å²) in [4.78, 5) is 60.8. The molecule has 0 unspecified atom stereocenters. The van der Waals surface area contributed by atoms with Crippen molar-refractivity contribution in [3.8, 4) is 0 Å². The van der Waals surface area contributed by atoms with Crippen LogP contribution in [0.5, 0.6) is 0 Å². The molecule has 0 heterocycles. The molecule has 0 aromatic heterocycles. The highest BCUT2D eigenvalue weighted by molar-refractivity contribution is 6.85. The Bertz CT molecular complexity index is 344. The Morgan fingerprint density at radius 3 is 1.85 bits per heavy atom. The van der Waals surface area contributed by atoms with Gasteiger partial charge in [0.1, 0.15) is 5.94 Å². The molecule has 0 rings (SSSR count). The summed E-state index contributed by atoms with van der Waals surface area (Å²) in [6.07, 6.45) is 0.770. The van der Waals surface area contributed by atoms with Gasteiger partial charge in [-0.2, -0.15) is 0 Å². The molecule has 0 aromatic carbocycles. The van der Waals surface area contributed by atoms with Crippen LogP contribution in [0.1, 0.15) is 0 Å². The fourth-order valence-corrected chi connectivity index (χ4v) is 0.380. The largest absolute Gasteiger partial charge is 0.285 e. The van der Waals surface area contributed by atoms with Crippen molar-refractivity contribution in [1.82, 2.24) is 0 Å². The van der Waals surface area contributed by atoms with E-state index in [1.165, 1.54) is 0 Å². The van der Waals surface area contributed by atoms with Gasteiger partial charge in [0, 0.05) is 0 Å². The Morgan fingerprint density at radius 1 is 0.923 bits per heavy atom. The first-order valence-electron chi connectivity index (χ1n) is 2.80. The monoisotopic (exact) mass is 181 g/mol. The lowest BCUT2D eigenvalue weighted by molar-refractivity contribution is -0.145. The summed E-state index contributed by atoms with van der Waals surface area (Å²) in [7, 11) is 0. The Hall–Kier alpha value is -2.20. The van der Waals surface area contributed by atoms with Crippen molar-refractivity contribution in [3.63, 3.8) is 0 Å². The van der Waals surface area contributed by atoms with Gasteiger partial charge in [-0.05, 0) is 0 Å². The molecule has 1 radical (unpaired) electrons. The maximum Gasteiger partial charge on any atom is 0.281 e. The Balaban J connectivity index is 4.72. The van der Waals surface area contributed by atoms with Gasteiger partial charge < -0.3 is 0 Å². The highest BCUT2D eigenvalue weighted by Gasteiger charge is 2.27. The third kappa shape index (κ3) is 2.72. The molecule has 0 spiro atoms. The maximum atomic E-state index is 10.5. The van der Waals surface area contributed by atoms with E-state index >= 15 is 0 Å². The van der Waals surface area contributed by atoms with Gasteiger partial charge in [0.2, 0.25) is 5.78 Å². The van der Waals surface area contributed by atoms with Crippen molar-refractivity contribution < 1.29 is 28.8 Å². The minimum atomic E-state index is -1.81. The molecule has 65 valence electrons. The number of allylic oxidation sites excluding steroid dienone is 1. The second kappa shape index (κ2) is 4.63. The second-order valence-electron chi connectivity index (χ2n) is 1.72. The quantitative estimate of drug-likeness (QED) is 0.205. The SMILES string of the molecule is O=[C]C(=O)C(=O)C(=O)C(=O)C=C=O. The molecule has 0 aliphatic carbocycles. The van der Waals surface area contributed by atoms with E-state index in [1.807, 2.05) is 0 Å². The highest BCUT2D eigenvalue weighted by atomic mass is 16.2. The van der Waals surface area contributed by atoms with E-state index in [1.54, 1.807) is 0 Å². The van der Waals surface area contributed by atoms with Gasteiger partial charge in [0.15, 0.2) is 0 Å². The van der Waals surface area contributed by atoms with Gasteiger partial charge in [0.05, 0.1) is 6.08 Å². The first kappa shape index (κ1) is 10.8. The van der Waals surface area contributed by atoms with E-state index in [4.69, 9.17) is 0 Å². The molecule has 0 saturated heterocycles. The van der Waals surface area contributed by atoms with Crippen LogP contribution < -0.4 is 0 Å². The van der Waals surface area contributed by atoms with Gasteiger partial charge in [-0.15, -0.1) is 0 Å². The molecule has 0 aromatic rings. The minimum absolute atomic E-state index is 0.151. The Labute approximate surface area is 71.2 Å². The molecule has 6 heteroatoms. The minimum Gasteiger partial charge on any atom is -0.285 e. The van der Waals surface area contributed by atoms with Gasteiger partial charge in [-0.3, -0.25) is 24.0 Å². The summed E-state index contributed by atoms with van der Waals surface area (Å²) < 4.78 is 0. The molecule has 0 atom stereocenters. The molecule has 0 N–H and O–H groups in total. The van der Waals surface area contributed by atoms with E-state index in [2.05, 4.69) is 0 Å². The van der Waals surface area contributed by atoms with Crippen LogP contribution in [0.15, 0.2) is 6.08 Å². The van der Waals surface area contributed by atoms with Crippen molar-refractivity contribution in [2.45, 2.75) is 0 Å². The number of carbonyl (C=O) groups is 4. The summed E-state index contributed by atoms with van der Waals surface area (Å²) in [5.74, 6) is -5.86. The molecule has 0 bridgehead atoms. The summed E-state index contributed by atoms with van der Waals surface area (Å²) in [6, 6.07) is 0. The number of carbonyl (C=O) groups excluding carboxylic acids is 6. The highest BCUT2D eigenvalue weighted by Crippen LogP contribution is 1.82. The van der Waals surface area contributed by atoms with Crippen LogP contribution >= 0.6 is 0 Å². The number of rotatable bonds is 5. The second-order valence-corrected chi connectivity index (χ2v) is 1.72. The predicted octanol–water partition coefficient (Wildman–Crippen LogP) is -2.24. The lowest BCUT2D eigenvalue weighted by atomic mass is 10.1. The van der Waals surface area contributed by atoms with Crippen molar-refractivity contribution in [2.75, 3.05) is 0 Å². The van der Waals surface area contributed by atoms with Crippen LogP contribution in [-0.4, -0.2) is 35.4 Å². The predicted molar refractivity (Wildman–Crippen MR) is 36.0 cm³/mol. The van der Waals surface area contributed by atoms with Gasteiger partial charge in [0.25, 0.3) is 23.6 Å². The normalized spacial score (nSPS) is 8.00. The van der Waals surface area contributed by atoms with Crippen LogP contribution in [0.25, 0.3) is 0 Å². The average Bonchev–Trinajstić information content (AvgIpc) is 2.14. The molecule has 0 fully saturated rings. The molecular weight excluding hydrogens is 180 g/mol. The van der Waals surface area contributed by atoms with Crippen LogP contribution in [-0.2, 0) is 28.8 Å². The van der Waals surface area contributed by atoms with Gasteiger partial charge in [-0.25, -0.2) is 4.79 Å². The molecule has 0 aliphatic rings. The number of ketones is 4. The summed E-state index contributed by atoms with van der Waals surface area (Å²) >= 11 is 0. The van der Waals surface area contributed by atoms with E-state index in [0.717, 1.165) is 5.94 Å². The average molecular weight is 181 g/mol. The van der Waals surface area contributed by atoms with Crippen molar-refractivity contribution in [3.05, 3.63) is 6.08 Å². The van der Waals surface area contributed by atoms with E-state index in [0.29, 0.717) is 6.29 Å². The van der Waals surface area contributed by atoms with Crippen LogP contribution in [0.2, 0.25) is 0 Å². The molecule has 6 nitrogen and oxygen atoms in total. The van der Waals surface area contributed by atoms with Crippen LogP contribution in [0.4, 0.5) is 0 Å². The molecule has 0 saturated carbocycles.